The molecule has 1 amide bonds. The van der Waals surface area contributed by atoms with Gasteiger partial charge in [0.25, 0.3) is 0 Å². The number of carbonyl (C=O) groups excluding carboxylic acids is 1. The second-order valence-electron chi connectivity index (χ2n) is 6.01. The number of hydrogen-bond acceptors (Lipinski definition) is 3. The number of hydrogen-bond donors (Lipinski definition) is 1. The number of carbonyl (C=O) groups is 1. The predicted molar refractivity (Wildman–Crippen MR) is 75.4 cm³/mol. The molecule has 0 bridgehead atoms. The van der Waals surface area contributed by atoms with Gasteiger partial charge in [0.05, 0.1) is 5.54 Å². The number of likely N-dealkylation sites (N-methyl/N-ethyl adjacent to an activating group) is 1. The maximum Gasteiger partial charge on any atom is 0.242 e. The standard InChI is InChI=1S/C14H29N3O/c1-5-14(2,15)13(18)17(11-10-16(3)4)12-8-6-7-9-12/h12H,5-11,15H2,1-4H3. The highest BCUT2D eigenvalue weighted by molar-refractivity contribution is 5.86. The van der Waals surface area contributed by atoms with Crippen LogP contribution in [0.25, 0.3) is 0 Å². The van der Waals surface area contributed by atoms with Crippen LogP contribution in [0.1, 0.15) is 46.0 Å². The Morgan fingerprint density at radius 2 is 1.83 bits per heavy atom. The summed E-state index contributed by atoms with van der Waals surface area (Å²) in [6.07, 6.45) is 5.45. The minimum atomic E-state index is -0.713. The van der Waals surface area contributed by atoms with E-state index in [0.717, 1.165) is 25.9 Å². The van der Waals surface area contributed by atoms with Crippen molar-refractivity contribution in [3.05, 3.63) is 0 Å². The van der Waals surface area contributed by atoms with Crippen molar-refractivity contribution in [2.75, 3.05) is 27.2 Å². The van der Waals surface area contributed by atoms with Crippen LogP contribution in [0.2, 0.25) is 0 Å². The van der Waals surface area contributed by atoms with E-state index in [1.54, 1.807) is 0 Å². The van der Waals surface area contributed by atoms with Crippen molar-refractivity contribution in [1.29, 1.82) is 0 Å². The summed E-state index contributed by atoms with van der Waals surface area (Å²) in [4.78, 5) is 16.7. The maximum absolute atomic E-state index is 12.6. The molecule has 1 saturated carbocycles. The van der Waals surface area contributed by atoms with E-state index < -0.39 is 5.54 Å². The molecule has 0 heterocycles. The van der Waals surface area contributed by atoms with Gasteiger partial charge in [-0.25, -0.2) is 0 Å². The summed E-state index contributed by atoms with van der Waals surface area (Å²) in [6.45, 7) is 5.54. The van der Waals surface area contributed by atoms with Gasteiger partial charge in [0, 0.05) is 19.1 Å². The van der Waals surface area contributed by atoms with E-state index in [2.05, 4.69) is 4.90 Å². The van der Waals surface area contributed by atoms with E-state index in [1.165, 1.54) is 12.8 Å². The van der Waals surface area contributed by atoms with Crippen LogP contribution in [0.4, 0.5) is 0 Å². The van der Waals surface area contributed by atoms with Crippen molar-refractivity contribution < 1.29 is 4.79 Å². The Kier molecular flexibility index (Phi) is 5.60. The smallest absolute Gasteiger partial charge is 0.242 e. The zero-order chi connectivity index (χ0) is 13.8. The molecule has 106 valence electrons. The molecule has 1 unspecified atom stereocenters. The first-order valence-corrected chi connectivity index (χ1v) is 7.13. The molecule has 0 saturated heterocycles. The molecule has 0 aromatic rings. The third-order valence-electron chi connectivity index (χ3n) is 4.04. The largest absolute Gasteiger partial charge is 0.337 e. The first kappa shape index (κ1) is 15.4. The Balaban J connectivity index is 2.72. The summed E-state index contributed by atoms with van der Waals surface area (Å²) in [5.41, 5.74) is 5.42. The van der Waals surface area contributed by atoms with Crippen LogP contribution in [0.3, 0.4) is 0 Å². The molecular weight excluding hydrogens is 226 g/mol. The van der Waals surface area contributed by atoms with Gasteiger partial charge >= 0.3 is 0 Å². The van der Waals surface area contributed by atoms with Crippen LogP contribution < -0.4 is 5.73 Å². The zero-order valence-corrected chi connectivity index (χ0v) is 12.4. The van der Waals surface area contributed by atoms with E-state index in [0.29, 0.717) is 12.5 Å². The number of nitrogens with two attached hydrogens (primary N) is 1. The summed E-state index contributed by atoms with van der Waals surface area (Å²) in [5.74, 6) is 0.124. The molecule has 0 spiro atoms. The van der Waals surface area contributed by atoms with Gasteiger partial charge in [0.1, 0.15) is 0 Å². The van der Waals surface area contributed by atoms with Crippen molar-refractivity contribution >= 4 is 5.91 Å². The van der Waals surface area contributed by atoms with Crippen LogP contribution in [0.5, 0.6) is 0 Å². The molecule has 0 radical (unpaired) electrons. The minimum Gasteiger partial charge on any atom is -0.337 e. The number of amides is 1. The van der Waals surface area contributed by atoms with Crippen LogP contribution in [0, 0.1) is 0 Å². The third-order valence-corrected chi connectivity index (χ3v) is 4.04. The summed E-state index contributed by atoms with van der Waals surface area (Å²) >= 11 is 0. The molecule has 4 nitrogen and oxygen atoms in total. The van der Waals surface area contributed by atoms with E-state index in [1.807, 2.05) is 32.8 Å². The Morgan fingerprint density at radius 3 is 2.28 bits per heavy atom. The molecule has 1 aliphatic carbocycles. The van der Waals surface area contributed by atoms with Crippen molar-refractivity contribution in [2.24, 2.45) is 5.73 Å². The molecule has 0 aliphatic heterocycles. The molecular formula is C14H29N3O. The highest BCUT2D eigenvalue weighted by Gasteiger charge is 2.35. The van der Waals surface area contributed by atoms with E-state index in [4.69, 9.17) is 5.73 Å². The fraction of sp³-hybridized carbons (Fsp3) is 0.929. The topological polar surface area (TPSA) is 49.6 Å². The highest BCUT2D eigenvalue weighted by atomic mass is 16.2. The fourth-order valence-corrected chi connectivity index (χ4v) is 2.45. The quantitative estimate of drug-likeness (QED) is 0.781. The lowest BCUT2D eigenvalue weighted by Gasteiger charge is -2.36. The Morgan fingerprint density at radius 1 is 1.28 bits per heavy atom. The van der Waals surface area contributed by atoms with Gasteiger partial charge in [0.2, 0.25) is 5.91 Å². The SMILES string of the molecule is CCC(C)(N)C(=O)N(CCN(C)C)C1CCCC1. The number of nitrogens with zero attached hydrogens (tertiary/aromatic N) is 2. The third kappa shape index (κ3) is 3.95. The summed E-state index contributed by atoms with van der Waals surface area (Å²) in [6, 6.07) is 0.409. The van der Waals surface area contributed by atoms with Gasteiger partial charge in [-0.2, -0.15) is 0 Å². The Hall–Kier alpha value is -0.610. The summed E-state index contributed by atoms with van der Waals surface area (Å²) < 4.78 is 0. The molecule has 1 fully saturated rings. The lowest BCUT2D eigenvalue weighted by Crippen LogP contribution is -2.56. The maximum atomic E-state index is 12.6. The first-order valence-electron chi connectivity index (χ1n) is 7.13. The van der Waals surface area contributed by atoms with Gasteiger partial charge < -0.3 is 15.5 Å². The Labute approximate surface area is 111 Å². The molecule has 0 aromatic carbocycles. The monoisotopic (exact) mass is 255 g/mol. The predicted octanol–water partition coefficient (Wildman–Crippen LogP) is 1.45. The van der Waals surface area contributed by atoms with Gasteiger partial charge in [-0.05, 0) is 40.3 Å². The molecule has 18 heavy (non-hydrogen) atoms. The van der Waals surface area contributed by atoms with Crippen LogP contribution >= 0.6 is 0 Å². The van der Waals surface area contributed by atoms with Crippen molar-refractivity contribution in [3.8, 4) is 0 Å². The van der Waals surface area contributed by atoms with Crippen LogP contribution in [-0.2, 0) is 4.79 Å². The molecule has 1 rings (SSSR count). The van der Waals surface area contributed by atoms with Crippen molar-refractivity contribution in [1.82, 2.24) is 9.80 Å². The Bertz CT molecular complexity index is 270. The normalized spacial score (nSPS) is 20.1. The van der Waals surface area contributed by atoms with E-state index in [-0.39, 0.29) is 5.91 Å². The second-order valence-corrected chi connectivity index (χ2v) is 6.01. The van der Waals surface area contributed by atoms with Gasteiger partial charge in [-0.15, -0.1) is 0 Å². The number of rotatable bonds is 6. The fourth-order valence-electron chi connectivity index (χ4n) is 2.45. The van der Waals surface area contributed by atoms with Gasteiger partial charge in [-0.1, -0.05) is 19.8 Å². The van der Waals surface area contributed by atoms with E-state index in [9.17, 15) is 4.79 Å². The lowest BCUT2D eigenvalue weighted by atomic mass is 9.97. The molecule has 0 aromatic heterocycles. The summed E-state index contributed by atoms with van der Waals surface area (Å²) in [7, 11) is 4.08. The zero-order valence-electron chi connectivity index (χ0n) is 12.4. The minimum absolute atomic E-state index is 0.124. The molecule has 1 atom stereocenters. The summed E-state index contributed by atoms with van der Waals surface area (Å²) in [5, 5.41) is 0. The van der Waals surface area contributed by atoms with Crippen molar-refractivity contribution in [2.45, 2.75) is 57.5 Å². The second kappa shape index (κ2) is 6.53. The van der Waals surface area contributed by atoms with Crippen LogP contribution in [0.15, 0.2) is 0 Å². The average molecular weight is 255 g/mol. The highest BCUT2D eigenvalue weighted by Crippen LogP contribution is 2.25. The lowest BCUT2D eigenvalue weighted by molar-refractivity contribution is -0.139. The van der Waals surface area contributed by atoms with E-state index >= 15 is 0 Å². The van der Waals surface area contributed by atoms with Crippen molar-refractivity contribution in [3.63, 3.8) is 0 Å². The van der Waals surface area contributed by atoms with Gasteiger partial charge in [-0.3, -0.25) is 4.79 Å². The average Bonchev–Trinajstić information content (AvgIpc) is 2.82. The molecule has 4 heteroatoms. The van der Waals surface area contributed by atoms with Gasteiger partial charge in [0.15, 0.2) is 0 Å². The van der Waals surface area contributed by atoms with Crippen LogP contribution in [-0.4, -0.2) is 54.5 Å². The molecule has 1 aliphatic rings. The molecule has 2 N–H and O–H groups in total. The first-order chi connectivity index (χ1) is 8.38.